The van der Waals surface area contributed by atoms with Crippen molar-refractivity contribution in [2.24, 2.45) is 0 Å². The fourth-order valence-corrected chi connectivity index (χ4v) is 6.29. The van der Waals surface area contributed by atoms with Gasteiger partial charge in [0.1, 0.15) is 0 Å². The number of aryl methyl sites for hydroxylation is 1. The van der Waals surface area contributed by atoms with Gasteiger partial charge in [-0.2, -0.15) is 0 Å². The Bertz CT molecular complexity index is 1390. The van der Waals surface area contributed by atoms with E-state index in [2.05, 4.69) is 70.1 Å². The number of nitrogens with zero attached hydrogens (tertiary/aromatic N) is 1. The molecule has 0 bridgehead atoms. The summed E-state index contributed by atoms with van der Waals surface area (Å²) >= 11 is 0. The minimum absolute atomic E-state index is 0.0390. The molecule has 0 saturated carbocycles. The monoisotopic (exact) mass is 451 g/mol. The number of nitrogens with one attached hydrogen (secondary N) is 2. The molecular formula is C30H33N3O. The third-order valence-corrected chi connectivity index (χ3v) is 8.02. The Kier molecular flexibility index (Phi) is 5.94. The Morgan fingerprint density at radius 3 is 2.53 bits per heavy atom. The molecule has 3 aliphatic rings. The second kappa shape index (κ2) is 9.36. The number of fused-ring (bicyclic) bond motifs is 3. The molecule has 174 valence electrons. The zero-order valence-electron chi connectivity index (χ0n) is 19.7. The molecule has 4 nitrogen and oxygen atoms in total. The number of piperazine rings is 1. The van der Waals surface area contributed by atoms with Crippen molar-refractivity contribution in [2.45, 2.75) is 37.6 Å². The summed E-state index contributed by atoms with van der Waals surface area (Å²) in [6.45, 7) is 5.11. The van der Waals surface area contributed by atoms with Crippen LogP contribution in [0.2, 0.25) is 0 Å². The number of benzene rings is 3. The molecule has 3 aromatic carbocycles. The van der Waals surface area contributed by atoms with Gasteiger partial charge in [0.15, 0.2) is 0 Å². The number of amides is 1. The van der Waals surface area contributed by atoms with Crippen molar-refractivity contribution in [1.29, 1.82) is 0 Å². The minimum atomic E-state index is 0.0390. The number of rotatable bonds is 7. The van der Waals surface area contributed by atoms with Gasteiger partial charge in [-0.25, -0.2) is 0 Å². The molecule has 2 N–H and O–H groups in total. The Balaban J connectivity index is 1.11. The van der Waals surface area contributed by atoms with Crippen LogP contribution >= 0.6 is 0 Å². The Hall–Kier alpha value is -2.95. The Labute approximate surface area is 201 Å². The van der Waals surface area contributed by atoms with E-state index in [0.717, 1.165) is 51.1 Å². The molecule has 3 aromatic rings. The molecule has 2 atom stereocenters. The van der Waals surface area contributed by atoms with Gasteiger partial charge in [-0.1, -0.05) is 54.6 Å². The predicted octanol–water partition coefficient (Wildman–Crippen LogP) is 4.09. The van der Waals surface area contributed by atoms with E-state index in [4.69, 9.17) is 0 Å². The molecule has 1 fully saturated rings. The topological polar surface area (TPSA) is 44.4 Å². The molecule has 2 aliphatic carbocycles. The summed E-state index contributed by atoms with van der Waals surface area (Å²) in [5.74, 6) is 0.648. The summed E-state index contributed by atoms with van der Waals surface area (Å²) in [6, 6.07) is 24.1. The lowest BCUT2D eigenvalue weighted by molar-refractivity contribution is 0.0949. The lowest BCUT2D eigenvalue weighted by atomic mass is 9.88. The maximum Gasteiger partial charge on any atom is 0.251 e. The molecule has 1 aliphatic heterocycles. The molecule has 0 spiro atoms. The average molecular weight is 452 g/mol. The number of hydrogen-bond donors (Lipinski definition) is 2. The highest BCUT2D eigenvalue weighted by Crippen LogP contribution is 2.38. The first-order valence-corrected chi connectivity index (χ1v) is 12.8. The number of carbonyl (C=O) groups excluding carboxylic acids is 1. The zero-order chi connectivity index (χ0) is 22.9. The summed E-state index contributed by atoms with van der Waals surface area (Å²) in [5.41, 5.74) is 3.84. The van der Waals surface area contributed by atoms with Gasteiger partial charge >= 0.3 is 0 Å². The molecule has 2 unspecified atom stereocenters. The van der Waals surface area contributed by atoms with Crippen LogP contribution in [0.25, 0.3) is 0 Å². The van der Waals surface area contributed by atoms with Crippen LogP contribution in [-0.2, 0) is 6.42 Å². The van der Waals surface area contributed by atoms with E-state index < -0.39 is 0 Å². The van der Waals surface area contributed by atoms with Crippen molar-refractivity contribution in [3.05, 3.63) is 104 Å². The highest BCUT2D eigenvalue weighted by Gasteiger charge is 2.33. The lowest BCUT2D eigenvalue weighted by Gasteiger charge is -2.39. The fraction of sp³-hybridized carbons (Fsp3) is 0.367. The van der Waals surface area contributed by atoms with Gasteiger partial charge in [0.05, 0.1) is 0 Å². The van der Waals surface area contributed by atoms with Crippen LogP contribution < -0.4 is 10.6 Å². The van der Waals surface area contributed by atoms with Crippen LogP contribution in [0.4, 0.5) is 0 Å². The first kappa shape index (κ1) is 21.6. The van der Waals surface area contributed by atoms with Crippen molar-refractivity contribution < 1.29 is 4.79 Å². The SMILES string of the molecule is O=C(NCCCC(C1CCc2ccccc21)N1CCNCC1)c1ccc2c(c1)=c1ccccc1=2. The van der Waals surface area contributed by atoms with E-state index in [1.54, 1.807) is 5.56 Å². The average Bonchev–Trinajstić information content (AvgIpc) is 3.31. The summed E-state index contributed by atoms with van der Waals surface area (Å²) in [6.07, 6.45) is 4.57. The molecule has 1 amide bonds. The van der Waals surface area contributed by atoms with E-state index in [-0.39, 0.29) is 5.91 Å². The Morgan fingerprint density at radius 2 is 1.68 bits per heavy atom. The van der Waals surface area contributed by atoms with Gasteiger partial charge in [-0.3, -0.25) is 9.69 Å². The molecule has 0 aromatic heterocycles. The highest BCUT2D eigenvalue weighted by molar-refractivity contribution is 5.94. The molecule has 6 rings (SSSR count). The van der Waals surface area contributed by atoms with Crippen molar-refractivity contribution >= 4 is 5.91 Å². The minimum Gasteiger partial charge on any atom is -0.352 e. The van der Waals surface area contributed by atoms with Gasteiger partial charge in [-0.05, 0) is 69.8 Å². The maximum absolute atomic E-state index is 12.9. The Morgan fingerprint density at radius 1 is 0.941 bits per heavy atom. The van der Waals surface area contributed by atoms with Crippen LogP contribution in [-0.4, -0.2) is 49.6 Å². The number of carbonyl (C=O) groups is 1. The highest BCUT2D eigenvalue weighted by atomic mass is 16.1. The van der Waals surface area contributed by atoms with Crippen LogP contribution in [0.3, 0.4) is 0 Å². The second-order valence-corrected chi connectivity index (χ2v) is 9.90. The van der Waals surface area contributed by atoms with Gasteiger partial charge in [0.2, 0.25) is 0 Å². The van der Waals surface area contributed by atoms with Crippen LogP contribution in [0.5, 0.6) is 0 Å². The van der Waals surface area contributed by atoms with Crippen molar-refractivity contribution in [1.82, 2.24) is 15.5 Å². The van der Waals surface area contributed by atoms with E-state index in [1.165, 1.54) is 39.3 Å². The zero-order valence-corrected chi connectivity index (χ0v) is 19.7. The smallest absolute Gasteiger partial charge is 0.251 e. The predicted molar refractivity (Wildman–Crippen MR) is 136 cm³/mol. The van der Waals surface area contributed by atoms with Crippen molar-refractivity contribution in [3.8, 4) is 0 Å². The molecule has 1 saturated heterocycles. The van der Waals surface area contributed by atoms with Crippen molar-refractivity contribution in [2.75, 3.05) is 32.7 Å². The molecule has 4 heteroatoms. The largest absolute Gasteiger partial charge is 0.352 e. The molecule has 1 heterocycles. The first-order valence-electron chi connectivity index (χ1n) is 12.8. The van der Waals surface area contributed by atoms with Crippen LogP contribution in [0.1, 0.15) is 46.7 Å². The third kappa shape index (κ3) is 3.95. The van der Waals surface area contributed by atoms with Gasteiger partial charge in [-0.15, -0.1) is 0 Å². The van der Waals surface area contributed by atoms with Crippen LogP contribution in [0.15, 0.2) is 66.7 Å². The summed E-state index contributed by atoms with van der Waals surface area (Å²) in [5, 5.41) is 11.7. The van der Waals surface area contributed by atoms with E-state index >= 15 is 0 Å². The molecular weight excluding hydrogens is 418 g/mol. The molecule has 0 radical (unpaired) electrons. The third-order valence-electron chi connectivity index (χ3n) is 8.02. The quantitative estimate of drug-likeness (QED) is 0.416. The van der Waals surface area contributed by atoms with E-state index in [9.17, 15) is 4.79 Å². The summed E-state index contributed by atoms with van der Waals surface area (Å²) < 4.78 is 0. The van der Waals surface area contributed by atoms with Gasteiger partial charge in [0.25, 0.3) is 5.91 Å². The maximum atomic E-state index is 12.9. The fourth-order valence-electron chi connectivity index (χ4n) is 6.29. The van der Waals surface area contributed by atoms with Gasteiger partial charge < -0.3 is 10.6 Å². The van der Waals surface area contributed by atoms with E-state index in [0.29, 0.717) is 12.0 Å². The normalized spacial score (nSPS) is 19.5. The summed E-state index contributed by atoms with van der Waals surface area (Å²) in [4.78, 5) is 15.6. The lowest BCUT2D eigenvalue weighted by Crippen LogP contribution is -2.50. The first-order chi connectivity index (χ1) is 16.8. The van der Waals surface area contributed by atoms with Crippen LogP contribution in [0, 0.1) is 20.9 Å². The van der Waals surface area contributed by atoms with Gasteiger partial charge in [0, 0.05) is 50.2 Å². The standard InChI is InChI=1S/C30H33N3O/c34-30(22-12-13-26-24-8-3-4-9-25(24)28(26)20-22)32-15-5-10-29(33-18-16-31-17-19-33)27-14-11-21-6-1-2-7-23(21)27/h1-4,6-9,12-13,20,27,29,31H,5,10-11,14-19H2,(H,32,34). The molecule has 34 heavy (non-hydrogen) atoms. The van der Waals surface area contributed by atoms with E-state index in [1.807, 2.05) is 12.1 Å². The van der Waals surface area contributed by atoms with Crippen molar-refractivity contribution in [3.63, 3.8) is 0 Å². The second-order valence-electron chi connectivity index (χ2n) is 9.90. The number of hydrogen-bond acceptors (Lipinski definition) is 3. The summed E-state index contributed by atoms with van der Waals surface area (Å²) in [7, 11) is 0.